The van der Waals surface area contributed by atoms with Crippen molar-refractivity contribution in [3.05, 3.63) is 49.0 Å². The van der Waals surface area contributed by atoms with Gasteiger partial charge in [-0.1, -0.05) is 50.8 Å². The van der Waals surface area contributed by atoms with Gasteiger partial charge in [-0.05, 0) is 30.5 Å². The van der Waals surface area contributed by atoms with E-state index >= 15 is 0 Å². The second-order valence-electron chi connectivity index (χ2n) is 4.55. The molecule has 0 spiro atoms. The number of pyridine rings is 1. The molecule has 0 fully saturated rings. The van der Waals surface area contributed by atoms with Crippen LogP contribution in [0.3, 0.4) is 0 Å². The molecule has 0 saturated heterocycles. The summed E-state index contributed by atoms with van der Waals surface area (Å²) in [6.07, 6.45) is 9.37. The zero-order valence-electron chi connectivity index (χ0n) is 10.4. The number of hydrogen-bond acceptors (Lipinski definition) is 1. The highest BCUT2D eigenvalue weighted by Crippen LogP contribution is 2.15. The van der Waals surface area contributed by atoms with Crippen LogP contribution in [0.4, 0.5) is 0 Å². The van der Waals surface area contributed by atoms with Crippen molar-refractivity contribution in [3.63, 3.8) is 0 Å². The molecule has 2 rings (SSSR count). The lowest BCUT2D eigenvalue weighted by Crippen LogP contribution is -1.88. The Hall–Kier alpha value is -1.37. The fraction of sp³-hybridized carbons (Fsp3) is 0.375. The van der Waals surface area contributed by atoms with Gasteiger partial charge in [-0.15, -0.1) is 0 Å². The third kappa shape index (κ3) is 3.55. The molecule has 89 valence electrons. The highest BCUT2D eigenvalue weighted by molar-refractivity contribution is 5.78. The maximum absolute atomic E-state index is 4.49. The van der Waals surface area contributed by atoms with Crippen LogP contribution in [0.2, 0.25) is 0 Å². The predicted molar refractivity (Wildman–Crippen MR) is 73.9 cm³/mol. The van der Waals surface area contributed by atoms with E-state index in [4.69, 9.17) is 0 Å². The van der Waals surface area contributed by atoms with Gasteiger partial charge in [-0.25, -0.2) is 0 Å². The normalized spacial score (nSPS) is 10.9. The number of fused-ring (bicyclic) bond motifs is 1. The van der Waals surface area contributed by atoms with Gasteiger partial charge in [-0.3, -0.25) is 4.98 Å². The Morgan fingerprint density at radius 1 is 1.00 bits per heavy atom. The van der Waals surface area contributed by atoms with E-state index in [-0.39, 0.29) is 0 Å². The van der Waals surface area contributed by atoms with E-state index in [1.165, 1.54) is 36.6 Å². The fourth-order valence-corrected chi connectivity index (χ4v) is 2.11. The molecule has 0 saturated carbocycles. The second-order valence-corrected chi connectivity index (χ2v) is 4.55. The minimum absolute atomic E-state index is 1.07. The first-order chi connectivity index (χ1) is 8.40. The van der Waals surface area contributed by atoms with Crippen LogP contribution in [0.15, 0.2) is 36.5 Å². The molecule has 0 unspecified atom stereocenters. The maximum Gasteiger partial charge on any atom is 0.0702 e. The van der Waals surface area contributed by atoms with Gasteiger partial charge in [0, 0.05) is 11.6 Å². The molecule has 0 amide bonds. The summed E-state index contributed by atoms with van der Waals surface area (Å²) in [6, 6.07) is 10.6. The number of hydrogen-bond donors (Lipinski definition) is 0. The van der Waals surface area contributed by atoms with Crippen molar-refractivity contribution in [1.82, 2.24) is 4.98 Å². The highest BCUT2D eigenvalue weighted by Gasteiger charge is 1.97. The quantitative estimate of drug-likeness (QED) is 0.658. The van der Waals surface area contributed by atoms with Crippen LogP contribution in [0.25, 0.3) is 10.9 Å². The van der Waals surface area contributed by atoms with E-state index in [9.17, 15) is 0 Å². The van der Waals surface area contributed by atoms with Gasteiger partial charge in [-0.2, -0.15) is 0 Å². The molecule has 1 heteroatoms. The van der Waals surface area contributed by atoms with Gasteiger partial charge < -0.3 is 0 Å². The molecule has 0 aliphatic rings. The first-order valence-corrected chi connectivity index (χ1v) is 6.53. The Kier molecular flexibility index (Phi) is 4.54. The molecule has 0 aliphatic carbocycles. The zero-order chi connectivity index (χ0) is 11.9. The highest BCUT2D eigenvalue weighted by atomic mass is 14.6. The van der Waals surface area contributed by atoms with Crippen molar-refractivity contribution in [1.29, 1.82) is 0 Å². The van der Waals surface area contributed by atoms with Crippen LogP contribution in [-0.2, 0) is 6.42 Å². The smallest absolute Gasteiger partial charge is 0.0702 e. The van der Waals surface area contributed by atoms with Crippen molar-refractivity contribution in [2.75, 3.05) is 0 Å². The third-order valence-electron chi connectivity index (χ3n) is 3.11. The van der Waals surface area contributed by atoms with E-state index in [1.807, 2.05) is 12.3 Å². The number of para-hydroxylation sites is 1. The van der Waals surface area contributed by atoms with Crippen LogP contribution in [0, 0.1) is 6.92 Å². The summed E-state index contributed by atoms with van der Waals surface area (Å²) in [5.41, 5.74) is 2.45. The van der Waals surface area contributed by atoms with Crippen molar-refractivity contribution >= 4 is 10.9 Å². The molecular weight excluding hydrogens is 206 g/mol. The molecular formula is C16H20N. The zero-order valence-corrected chi connectivity index (χ0v) is 10.4. The van der Waals surface area contributed by atoms with Crippen LogP contribution >= 0.6 is 0 Å². The van der Waals surface area contributed by atoms with E-state index in [2.05, 4.69) is 36.2 Å². The third-order valence-corrected chi connectivity index (χ3v) is 3.11. The lowest BCUT2D eigenvalue weighted by Gasteiger charge is -2.03. The summed E-state index contributed by atoms with van der Waals surface area (Å²) in [6.45, 7) is 3.87. The Morgan fingerprint density at radius 3 is 2.71 bits per heavy atom. The van der Waals surface area contributed by atoms with Crippen molar-refractivity contribution < 1.29 is 0 Å². The van der Waals surface area contributed by atoms with Crippen molar-refractivity contribution in [2.45, 2.75) is 38.5 Å². The summed E-state index contributed by atoms with van der Waals surface area (Å²) in [7, 11) is 0. The molecule has 17 heavy (non-hydrogen) atoms. The molecule has 1 aromatic heterocycles. The molecule has 0 aliphatic heterocycles. The average Bonchev–Trinajstić information content (AvgIpc) is 2.38. The first kappa shape index (κ1) is 12.1. The Bertz CT molecular complexity index is 462. The maximum atomic E-state index is 4.49. The van der Waals surface area contributed by atoms with Gasteiger partial charge >= 0.3 is 0 Å². The predicted octanol–water partition coefficient (Wildman–Crippen LogP) is 4.56. The summed E-state index contributed by atoms with van der Waals surface area (Å²) in [4.78, 5) is 4.49. The molecule has 0 N–H and O–H groups in total. The summed E-state index contributed by atoms with van der Waals surface area (Å²) in [5.74, 6) is 0. The van der Waals surface area contributed by atoms with Gasteiger partial charge in [0.05, 0.1) is 5.52 Å². The monoisotopic (exact) mass is 226 g/mol. The van der Waals surface area contributed by atoms with Crippen LogP contribution in [-0.4, -0.2) is 4.98 Å². The van der Waals surface area contributed by atoms with E-state index < -0.39 is 0 Å². The van der Waals surface area contributed by atoms with E-state index in [0.29, 0.717) is 0 Å². The Labute approximate surface area is 104 Å². The number of benzene rings is 1. The van der Waals surface area contributed by atoms with Gasteiger partial charge in [0.15, 0.2) is 0 Å². The minimum Gasteiger partial charge on any atom is -0.256 e. The van der Waals surface area contributed by atoms with Crippen LogP contribution in [0.5, 0.6) is 0 Å². The lowest BCUT2D eigenvalue weighted by atomic mass is 10.1. The fourth-order valence-electron chi connectivity index (χ4n) is 2.11. The van der Waals surface area contributed by atoms with Crippen LogP contribution < -0.4 is 0 Å². The molecule has 0 atom stereocenters. The number of unbranched alkanes of at least 4 members (excludes halogenated alkanes) is 4. The Morgan fingerprint density at radius 2 is 1.82 bits per heavy atom. The van der Waals surface area contributed by atoms with Crippen molar-refractivity contribution in [2.24, 2.45) is 0 Å². The van der Waals surface area contributed by atoms with Crippen LogP contribution in [0.1, 0.15) is 37.7 Å². The first-order valence-electron chi connectivity index (χ1n) is 6.53. The summed E-state index contributed by atoms with van der Waals surface area (Å²) >= 11 is 0. The molecule has 1 heterocycles. The van der Waals surface area contributed by atoms with E-state index in [0.717, 1.165) is 18.4 Å². The topological polar surface area (TPSA) is 12.9 Å². The average molecular weight is 226 g/mol. The second kappa shape index (κ2) is 6.39. The number of rotatable bonds is 6. The largest absolute Gasteiger partial charge is 0.256 e. The molecule has 1 aromatic carbocycles. The molecule has 1 radical (unpaired) electrons. The number of aryl methyl sites for hydroxylation is 1. The minimum atomic E-state index is 1.07. The Balaban J connectivity index is 1.90. The molecule has 0 bridgehead atoms. The SMILES string of the molecule is [CH2]CCCCCCc1cnc2ccccc2c1. The van der Waals surface area contributed by atoms with Gasteiger partial charge in [0.25, 0.3) is 0 Å². The number of aromatic nitrogens is 1. The summed E-state index contributed by atoms with van der Waals surface area (Å²) < 4.78 is 0. The lowest BCUT2D eigenvalue weighted by molar-refractivity contribution is 0.645. The molecule has 2 aromatic rings. The van der Waals surface area contributed by atoms with Gasteiger partial charge in [0.1, 0.15) is 0 Å². The number of nitrogens with zero attached hydrogens (tertiary/aromatic N) is 1. The van der Waals surface area contributed by atoms with E-state index in [1.54, 1.807) is 0 Å². The van der Waals surface area contributed by atoms with Crippen molar-refractivity contribution in [3.8, 4) is 0 Å². The van der Waals surface area contributed by atoms with Gasteiger partial charge in [0.2, 0.25) is 0 Å². The standard InChI is InChI=1S/C16H20N/c1-2-3-4-5-6-9-14-12-15-10-7-8-11-16(15)17-13-14/h7-8,10-13H,1-6,9H2. The molecule has 1 nitrogen and oxygen atoms in total. The summed E-state index contributed by atoms with van der Waals surface area (Å²) in [5, 5.41) is 1.25.